The number of carbonyl (C=O) groups is 2. The van der Waals surface area contributed by atoms with Crippen LogP contribution in [0, 0.1) is 6.92 Å². The van der Waals surface area contributed by atoms with Crippen molar-refractivity contribution in [3.63, 3.8) is 0 Å². The molecule has 7 nitrogen and oxygen atoms in total. The molecule has 1 amide bonds. The molecule has 0 aliphatic carbocycles. The summed E-state index contributed by atoms with van der Waals surface area (Å²) in [4.78, 5) is 28.4. The van der Waals surface area contributed by atoms with Gasteiger partial charge in [0.1, 0.15) is 12.6 Å². The Morgan fingerprint density at radius 3 is 2.45 bits per heavy atom. The lowest BCUT2D eigenvalue weighted by molar-refractivity contribution is 0.0690. The molecular weight excluding hydrogens is 414 g/mol. The van der Waals surface area contributed by atoms with E-state index in [1.807, 2.05) is 25.1 Å². The molecule has 2 aromatic carbocycles. The monoisotopic (exact) mass is 439 g/mol. The number of anilines is 1. The summed E-state index contributed by atoms with van der Waals surface area (Å²) in [7, 11) is 0. The molecule has 162 valence electrons. The van der Waals surface area contributed by atoms with Crippen LogP contribution >= 0.6 is 0 Å². The Labute approximate surface area is 184 Å². The largest absolute Gasteiger partial charge is 0.593 e. The average Bonchev–Trinajstić information content (AvgIpc) is 3.18. The molecule has 0 bridgehead atoms. The van der Waals surface area contributed by atoms with Crippen molar-refractivity contribution in [1.29, 1.82) is 0 Å². The van der Waals surface area contributed by atoms with Gasteiger partial charge in [0.2, 0.25) is 0 Å². The summed E-state index contributed by atoms with van der Waals surface area (Å²) < 4.78 is 15.4. The van der Waals surface area contributed by atoms with Crippen molar-refractivity contribution in [2.24, 2.45) is 0 Å². The van der Waals surface area contributed by atoms with Crippen LogP contribution < -0.4 is 4.31 Å². The molecule has 0 saturated heterocycles. The summed E-state index contributed by atoms with van der Waals surface area (Å²) in [5.41, 5.74) is 3.16. The third-order valence-electron chi connectivity index (χ3n) is 4.92. The minimum atomic E-state index is -1.59. The van der Waals surface area contributed by atoms with Gasteiger partial charge in [-0.2, -0.15) is 0 Å². The maximum atomic E-state index is 13.4. The highest BCUT2D eigenvalue weighted by atomic mass is 32.2. The number of hydrogen-bond acceptors (Lipinski definition) is 4. The Morgan fingerprint density at radius 2 is 1.87 bits per heavy atom. The van der Waals surface area contributed by atoms with Crippen molar-refractivity contribution >= 4 is 28.9 Å². The van der Waals surface area contributed by atoms with Gasteiger partial charge < -0.3 is 14.2 Å². The second kappa shape index (κ2) is 8.56. The molecular formula is C23H25N3O4S. The zero-order valence-corrected chi connectivity index (χ0v) is 18.9. The van der Waals surface area contributed by atoms with Crippen LogP contribution in [0.2, 0.25) is 0 Å². The highest BCUT2D eigenvalue weighted by molar-refractivity contribution is 7.92. The second-order valence-corrected chi connectivity index (χ2v) is 9.51. The first-order valence-corrected chi connectivity index (χ1v) is 11.2. The fourth-order valence-corrected chi connectivity index (χ4v) is 3.93. The fourth-order valence-electron chi connectivity index (χ4n) is 3.18. The van der Waals surface area contributed by atoms with Crippen LogP contribution in [0.4, 0.5) is 5.69 Å². The number of hydrogen-bond donors (Lipinski definition) is 1. The van der Waals surface area contributed by atoms with E-state index < -0.39 is 23.2 Å². The molecule has 3 rings (SSSR count). The lowest BCUT2D eigenvalue weighted by Gasteiger charge is -2.25. The first-order valence-electron chi connectivity index (χ1n) is 9.66. The van der Waals surface area contributed by atoms with E-state index >= 15 is 0 Å². The standard InChI is InChI=1S/C23H25N3O4S/c1-15-9-10-16(11-20(15)25-13-19(22(28)29)24-14-25)21(27)26(31(5)30)18-8-6-7-17(12-18)23(2,3)4/h6-14H,1-5H3,(H,28,29)/t31-/m1/s1. The van der Waals surface area contributed by atoms with Gasteiger partial charge in [-0.15, -0.1) is 4.31 Å². The quantitative estimate of drug-likeness (QED) is 0.603. The highest BCUT2D eigenvalue weighted by Crippen LogP contribution is 2.29. The zero-order chi connectivity index (χ0) is 22.9. The molecule has 8 heteroatoms. The molecule has 31 heavy (non-hydrogen) atoms. The number of aromatic carboxylic acids is 1. The maximum Gasteiger partial charge on any atom is 0.356 e. The first-order chi connectivity index (χ1) is 14.5. The summed E-state index contributed by atoms with van der Waals surface area (Å²) >= 11 is -1.59. The number of carboxylic acid groups (broad SMARTS) is 1. The molecule has 1 atom stereocenters. The van der Waals surface area contributed by atoms with E-state index in [2.05, 4.69) is 25.8 Å². The first kappa shape index (κ1) is 22.6. The van der Waals surface area contributed by atoms with E-state index in [9.17, 15) is 14.1 Å². The number of aromatic nitrogens is 2. The Balaban J connectivity index is 2.03. The maximum absolute atomic E-state index is 13.4. The van der Waals surface area contributed by atoms with Crippen LogP contribution in [0.1, 0.15) is 52.7 Å². The van der Waals surface area contributed by atoms with Crippen molar-refractivity contribution < 1.29 is 19.2 Å². The molecule has 0 radical (unpaired) electrons. The number of imidazole rings is 1. The Kier molecular flexibility index (Phi) is 6.24. The second-order valence-electron chi connectivity index (χ2n) is 8.30. The molecule has 0 spiro atoms. The third-order valence-corrected chi connectivity index (χ3v) is 5.82. The van der Waals surface area contributed by atoms with Gasteiger partial charge in [-0.25, -0.2) is 9.78 Å². The topological polar surface area (TPSA) is 98.5 Å². The average molecular weight is 440 g/mol. The van der Waals surface area contributed by atoms with Gasteiger partial charge in [0, 0.05) is 11.8 Å². The Bertz CT molecular complexity index is 1130. The van der Waals surface area contributed by atoms with Gasteiger partial charge >= 0.3 is 5.97 Å². The van der Waals surface area contributed by atoms with Crippen molar-refractivity contribution in [2.45, 2.75) is 33.1 Å². The lowest BCUT2D eigenvalue weighted by Crippen LogP contribution is -2.36. The number of rotatable bonds is 5. The predicted octanol–water partition coefficient (Wildman–Crippen LogP) is 4.12. The zero-order valence-electron chi connectivity index (χ0n) is 18.1. The van der Waals surface area contributed by atoms with E-state index in [0.717, 1.165) is 11.1 Å². The van der Waals surface area contributed by atoms with E-state index in [-0.39, 0.29) is 11.1 Å². The van der Waals surface area contributed by atoms with Crippen molar-refractivity contribution in [3.05, 3.63) is 77.4 Å². The van der Waals surface area contributed by atoms with Gasteiger partial charge in [-0.1, -0.05) is 39.0 Å². The van der Waals surface area contributed by atoms with E-state index in [4.69, 9.17) is 5.11 Å². The summed E-state index contributed by atoms with van der Waals surface area (Å²) in [5.74, 6) is -1.54. The van der Waals surface area contributed by atoms with Gasteiger partial charge in [0.25, 0.3) is 5.91 Å². The minimum Gasteiger partial charge on any atom is -0.593 e. The van der Waals surface area contributed by atoms with Crippen LogP contribution in [-0.4, -0.2) is 37.3 Å². The number of nitrogens with zero attached hydrogens (tertiary/aromatic N) is 3. The van der Waals surface area contributed by atoms with Crippen LogP contribution in [-0.2, 0) is 16.8 Å². The van der Waals surface area contributed by atoms with Crippen LogP contribution in [0.5, 0.6) is 0 Å². The minimum absolute atomic E-state index is 0.0913. The van der Waals surface area contributed by atoms with E-state index in [0.29, 0.717) is 16.9 Å². The molecule has 0 aliphatic heterocycles. The van der Waals surface area contributed by atoms with Crippen molar-refractivity contribution in [3.8, 4) is 5.69 Å². The highest BCUT2D eigenvalue weighted by Gasteiger charge is 2.28. The van der Waals surface area contributed by atoms with Crippen LogP contribution in [0.15, 0.2) is 55.0 Å². The van der Waals surface area contributed by atoms with E-state index in [1.54, 1.807) is 28.8 Å². The van der Waals surface area contributed by atoms with Gasteiger partial charge in [-0.3, -0.25) is 4.79 Å². The Hall–Kier alpha value is -3.10. The molecule has 0 unspecified atom stereocenters. The molecule has 0 saturated carbocycles. The van der Waals surface area contributed by atoms with E-state index in [1.165, 1.54) is 23.1 Å². The lowest BCUT2D eigenvalue weighted by atomic mass is 9.87. The molecule has 3 aromatic rings. The molecule has 0 aliphatic rings. The van der Waals surface area contributed by atoms with Gasteiger partial charge in [0.05, 0.1) is 22.7 Å². The molecule has 1 N–H and O–H groups in total. The number of carboxylic acids is 1. The van der Waals surface area contributed by atoms with Crippen LogP contribution in [0.3, 0.4) is 0 Å². The summed E-state index contributed by atoms with van der Waals surface area (Å²) in [5, 5.41) is 9.13. The normalized spacial score (nSPS) is 12.5. The van der Waals surface area contributed by atoms with Crippen LogP contribution in [0.25, 0.3) is 5.69 Å². The number of amides is 1. The molecule has 1 aromatic heterocycles. The third kappa shape index (κ3) is 4.81. The summed E-state index contributed by atoms with van der Waals surface area (Å²) in [6, 6.07) is 12.6. The Morgan fingerprint density at radius 1 is 1.16 bits per heavy atom. The van der Waals surface area contributed by atoms with Gasteiger partial charge in [-0.05, 0) is 47.7 Å². The molecule has 1 heterocycles. The number of benzene rings is 2. The SMILES string of the molecule is Cc1ccc(C(=O)N(c2cccc(C(C)(C)C)c2)[S@@+](C)[O-])cc1-n1cnc(C(=O)O)c1. The smallest absolute Gasteiger partial charge is 0.356 e. The number of carbonyl (C=O) groups excluding carboxylic acids is 1. The predicted molar refractivity (Wildman–Crippen MR) is 121 cm³/mol. The fraction of sp³-hybridized carbons (Fsp3) is 0.261. The summed E-state index contributed by atoms with van der Waals surface area (Å²) in [6.45, 7) is 8.07. The molecule has 0 fully saturated rings. The van der Waals surface area contributed by atoms with Crippen molar-refractivity contribution in [1.82, 2.24) is 9.55 Å². The number of aryl methyl sites for hydroxylation is 1. The van der Waals surface area contributed by atoms with Crippen molar-refractivity contribution in [2.75, 3.05) is 10.6 Å². The summed E-state index contributed by atoms with van der Waals surface area (Å²) in [6.07, 6.45) is 4.25. The van der Waals surface area contributed by atoms with Gasteiger partial charge in [0.15, 0.2) is 5.69 Å².